The number of nitrogens with zero attached hydrogens (tertiary/aromatic N) is 2. The van der Waals surface area contributed by atoms with Crippen molar-refractivity contribution in [3.8, 4) is 5.75 Å². The Kier molecular flexibility index (Phi) is 3.24. The van der Waals surface area contributed by atoms with E-state index in [1.165, 1.54) is 0 Å². The van der Waals surface area contributed by atoms with Gasteiger partial charge in [0.05, 0.1) is 11.1 Å². The van der Waals surface area contributed by atoms with Gasteiger partial charge >= 0.3 is 5.69 Å². The van der Waals surface area contributed by atoms with Gasteiger partial charge in [0, 0.05) is 0 Å². The second-order valence-electron chi connectivity index (χ2n) is 2.81. The molecule has 0 bridgehead atoms. The third-order valence-electron chi connectivity index (χ3n) is 1.69. The first-order valence-electron chi connectivity index (χ1n) is 3.83. The number of aromatic nitrogens is 1. The predicted octanol–water partition coefficient (Wildman–Crippen LogP) is 0.280. The second-order valence-corrected chi connectivity index (χ2v) is 4.31. The highest BCUT2D eigenvalue weighted by Crippen LogP contribution is 2.36. The number of halogens is 2. The van der Waals surface area contributed by atoms with Crippen molar-refractivity contribution in [2.24, 2.45) is 5.14 Å². The number of primary sulfonamides is 1. The van der Waals surface area contributed by atoms with Gasteiger partial charge in [-0.1, -0.05) is 0 Å². The van der Waals surface area contributed by atoms with Crippen LogP contribution in [0.3, 0.4) is 0 Å². The standard InChI is InChI=1S/C6H5F2N3O5S/c7-6(8)3-4(11(13)14)5(17(9,15)16)2(12)1-10-3/h1,6,12H,(H2,9,15,16). The van der Waals surface area contributed by atoms with Gasteiger partial charge in [0.25, 0.3) is 6.43 Å². The summed E-state index contributed by atoms with van der Waals surface area (Å²) in [4.78, 5) is 10.7. The molecule has 8 nitrogen and oxygen atoms in total. The van der Waals surface area contributed by atoms with Gasteiger partial charge in [-0.3, -0.25) is 10.1 Å². The highest BCUT2D eigenvalue weighted by atomic mass is 32.2. The predicted molar refractivity (Wildman–Crippen MR) is 48.9 cm³/mol. The molecule has 0 aliphatic rings. The molecule has 0 atom stereocenters. The summed E-state index contributed by atoms with van der Waals surface area (Å²) < 4.78 is 46.8. The van der Waals surface area contributed by atoms with Gasteiger partial charge in [-0.25, -0.2) is 27.3 Å². The average molecular weight is 269 g/mol. The summed E-state index contributed by atoms with van der Waals surface area (Å²) in [5, 5.41) is 24.3. The van der Waals surface area contributed by atoms with E-state index in [0.29, 0.717) is 6.20 Å². The van der Waals surface area contributed by atoms with E-state index >= 15 is 0 Å². The molecule has 0 radical (unpaired) electrons. The molecule has 1 heterocycles. The van der Waals surface area contributed by atoms with Crippen molar-refractivity contribution < 1.29 is 27.2 Å². The van der Waals surface area contributed by atoms with Crippen LogP contribution < -0.4 is 5.14 Å². The summed E-state index contributed by atoms with van der Waals surface area (Å²) in [6.45, 7) is 0. The fourth-order valence-electron chi connectivity index (χ4n) is 1.10. The lowest BCUT2D eigenvalue weighted by Gasteiger charge is -2.06. The van der Waals surface area contributed by atoms with Crippen molar-refractivity contribution in [2.45, 2.75) is 11.3 Å². The van der Waals surface area contributed by atoms with E-state index in [9.17, 15) is 27.3 Å². The Hall–Kier alpha value is -1.88. The maximum absolute atomic E-state index is 12.4. The van der Waals surface area contributed by atoms with Crippen molar-refractivity contribution in [1.82, 2.24) is 4.98 Å². The zero-order valence-corrected chi connectivity index (χ0v) is 8.69. The van der Waals surface area contributed by atoms with Crippen LogP contribution >= 0.6 is 0 Å². The molecule has 0 spiro atoms. The molecule has 0 aromatic carbocycles. The molecule has 0 aliphatic heterocycles. The number of alkyl halides is 2. The highest BCUT2D eigenvalue weighted by Gasteiger charge is 2.35. The van der Waals surface area contributed by atoms with Crippen LogP contribution in [-0.4, -0.2) is 23.4 Å². The molecule has 1 aromatic heterocycles. The van der Waals surface area contributed by atoms with Gasteiger partial charge in [-0.2, -0.15) is 0 Å². The van der Waals surface area contributed by atoms with Gasteiger partial charge in [0.2, 0.25) is 14.9 Å². The summed E-state index contributed by atoms with van der Waals surface area (Å²) >= 11 is 0. The molecule has 0 aliphatic carbocycles. The van der Waals surface area contributed by atoms with Gasteiger partial charge in [0.15, 0.2) is 11.4 Å². The van der Waals surface area contributed by atoms with E-state index < -0.39 is 43.4 Å². The molecule has 0 fully saturated rings. The molecular weight excluding hydrogens is 264 g/mol. The van der Waals surface area contributed by atoms with E-state index in [2.05, 4.69) is 10.1 Å². The quantitative estimate of drug-likeness (QED) is 0.597. The molecule has 17 heavy (non-hydrogen) atoms. The molecule has 0 saturated heterocycles. The van der Waals surface area contributed by atoms with E-state index in [0.717, 1.165) is 0 Å². The number of hydrogen-bond acceptors (Lipinski definition) is 6. The van der Waals surface area contributed by atoms with Crippen LogP contribution in [0.15, 0.2) is 11.1 Å². The highest BCUT2D eigenvalue weighted by molar-refractivity contribution is 7.89. The Morgan fingerprint density at radius 2 is 2.06 bits per heavy atom. The number of hydrogen-bond donors (Lipinski definition) is 2. The van der Waals surface area contributed by atoms with Crippen LogP contribution in [0.1, 0.15) is 12.1 Å². The Morgan fingerprint density at radius 3 is 2.41 bits per heavy atom. The van der Waals surface area contributed by atoms with E-state index in [1.54, 1.807) is 0 Å². The molecule has 3 N–H and O–H groups in total. The van der Waals surface area contributed by atoms with Crippen LogP contribution in [0.2, 0.25) is 0 Å². The lowest BCUT2D eigenvalue weighted by Crippen LogP contribution is -2.16. The van der Waals surface area contributed by atoms with E-state index in [-0.39, 0.29) is 0 Å². The molecule has 0 unspecified atom stereocenters. The summed E-state index contributed by atoms with van der Waals surface area (Å²) in [7, 11) is -4.73. The van der Waals surface area contributed by atoms with Crippen LogP contribution in [-0.2, 0) is 10.0 Å². The lowest BCUT2D eigenvalue weighted by atomic mass is 10.3. The number of rotatable bonds is 3. The van der Waals surface area contributed by atoms with Gasteiger partial charge in [0.1, 0.15) is 0 Å². The zero-order chi connectivity index (χ0) is 13.4. The third kappa shape index (κ3) is 2.45. The Labute approximate surface area is 92.9 Å². The number of pyridine rings is 1. The largest absolute Gasteiger partial charge is 0.505 e. The SMILES string of the molecule is NS(=O)(=O)c1c(O)cnc(C(F)F)c1[N+](=O)[O-]. The van der Waals surface area contributed by atoms with Crippen LogP contribution in [0.25, 0.3) is 0 Å². The summed E-state index contributed by atoms with van der Waals surface area (Å²) in [6.07, 6.45) is -3.02. The van der Waals surface area contributed by atoms with Gasteiger partial charge in [-0.05, 0) is 0 Å². The zero-order valence-electron chi connectivity index (χ0n) is 7.87. The molecule has 94 valence electrons. The maximum atomic E-state index is 12.4. The molecule has 1 aromatic rings. The smallest absolute Gasteiger partial charge is 0.320 e. The van der Waals surface area contributed by atoms with Crippen molar-refractivity contribution in [2.75, 3.05) is 0 Å². The molecule has 0 saturated carbocycles. The maximum Gasteiger partial charge on any atom is 0.320 e. The first-order valence-corrected chi connectivity index (χ1v) is 5.38. The minimum absolute atomic E-state index is 0.355. The molecule has 11 heteroatoms. The van der Waals surface area contributed by atoms with E-state index in [1.807, 2.05) is 0 Å². The number of sulfonamides is 1. The molecule has 0 amide bonds. The summed E-state index contributed by atoms with van der Waals surface area (Å²) in [5.41, 5.74) is -2.90. The Balaban J connectivity index is 3.80. The minimum atomic E-state index is -4.73. The van der Waals surface area contributed by atoms with Crippen LogP contribution in [0.4, 0.5) is 14.5 Å². The molecular formula is C6H5F2N3O5S. The number of aromatic hydroxyl groups is 1. The summed E-state index contributed by atoms with van der Waals surface area (Å²) in [6, 6.07) is 0. The van der Waals surface area contributed by atoms with Crippen molar-refractivity contribution in [1.29, 1.82) is 0 Å². The Bertz CT molecular complexity index is 573. The number of nitro groups is 1. The molecule has 1 rings (SSSR count). The second kappa shape index (κ2) is 4.18. The van der Waals surface area contributed by atoms with Crippen LogP contribution in [0.5, 0.6) is 5.75 Å². The minimum Gasteiger partial charge on any atom is -0.505 e. The average Bonchev–Trinajstić information content (AvgIpc) is 2.14. The third-order valence-corrected chi connectivity index (χ3v) is 2.66. The van der Waals surface area contributed by atoms with Gasteiger partial charge < -0.3 is 5.11 Å². The summed E-state index contributed by atoms with van der Waals surface area (Å²) in [5.74, 6) is -1.16. The lowest BCUT2D eigenvalue weighted by molar-refractivity contribution is -0.389. The fraction of sp³-hybridized carbons (Fsp3) is 0.167. The first kappa shape index (κ1) is 13.2. The van der Waals surface area contributed by atoms with Crippen molar-refractivity contribution in [3.05, 3.63) is 22.0 Å². The number of nitrogens with two attached hydrogens (primary N) is 1. The van der Waals surface area contributed by atoms with Crippen LogP contribution in [0, 0.1) is 10.1 Å². The van der Waals surface area contributed by atoms with E-state index in [4.69, 9.17) is 5.11 Å². The van der Waals surface area contributed by atoms with Gasteiger partial charge in [-0.15, -0.1) is 0 Å². The van der Waals surface area contributed by atoms with Crippen molar-refractivity contribution in [3.63, 3.8) is 0 Å². The topological polar surface area (TPSA) is 136 Å². The Morgan fingerprint density at radius 1 is 1.53 bits per heavy atom. The monoisotopic (exact) mass is 269 g/mol. The first-order chi connectivity index (χ1) is 7.66. The van der Waals surface area contributed by atoms with Crippen molar-refractivity contribution >= 4 is 15.7 Å². The normalized spacial score (nSPS) is 11.8. The fourth-order valence-corrected chi connectivity index (χ4v) is 1.90.